The molecule has 1 heterocycles. The first-order chi connectivity index (χ1) is 17.1. The minimum atomic E-state index is -0.208. The number of hydrogen-bond acceptors (Lipinski definition) is 2. The number of nitrogens with zero attached hydrogens (tertiary/aromatic N) is 1. The number of carbonyl (C=O) groups is 2. The third kappa shape index (κ3) is 6.21. The molecule has 1 saturated carbocycles. The van der Waals surface area contributed by atoms with Crippen LogP contribution in [0.25, 0.3) is 22.2 Å². The Hall–Kier alpha value is -3.01. The molecule has 3 nitrogen and oxygen atoms in total. The van der Waals surface area contributed by atoms with Crippen LogP contribution >= 0.6 is 0 Å². The quantitative estimate of drug-likeness (QED) is 0.301. The van der Waals surface area contributed by atoms with Crippen molar-refractivity contribution in [2.24, 2.45) is 18.4 Å². The first-order valence-electron chi connectivity index (χ1n) is 13.2. The molecular weight excluding hydrogens is 449 g/mol. The number of aryl methyl sites for hydroxylation is 1. The van der Waals surface area contributed by atoms with Gasteiger partial charge in [-0.2, -0.15) is 0 Å². The Morgan fingerprint density at radius 2 is 1.72 bits per heavy atom. The van der Waals surface area contributed by atoms with E-state index in [0.29, 0.717) is 30.7 Å². The molecule has 1 aliphatic carbocycles. The lowest BCUT2D eigenvalue weighted by molar-refractivity contribution is -0.124. The van der Waals surface area contributed by atoms with Gasteiger partial charge in [0.1, 0.15) is 11.6 Å². The minimum absolute atomic E-state index is 0.00956. The summed E-state index contributed by atoms with van der Waals surface area (Å²) in [4.78, 5) is 24.8. The molecule has 3 aromatic rings. The van der Waals surface area contributed by atoms with Gasteiger partial charge in [0.2, 0.25) is 0 Å². The average molecular weight is 488 g/mol. The third-order valence-electron chi connectivity index (χ3n) is 7.49. The lowest BCUT2D eigenvalue weighted by atomic mass is 9.76. The molecule has 4 heteroatoms. The molecule has 0 unspecified atom stereocenters. The van der Waals surface area contributed by atoms with Gasteiger partial charge in [0.25, 0.3) is 0 Å². The van der Waals surface area contributed by atoms with Gasteiger partial charge in [0.05, 0.1) is 5.69 Å². The number of ketones is 2. The van der Waals surface area contributed by atoms with E-state index < -0.39 is 0 Å². The van der Waals surface area contributed by atoms with Gasteiger partial charge in [0, 0.05) is 42.3 Å². The second-order valence-electron chi connectivity index (χ2n) is 11.4. The maximum atomic E-state index is 14.9. The SMILES string of the molecule is Cn1c(-c2cc(C3CCC(C(=O)CCCC(=O)/C=C\C(C)(C)C)CC3)ccc2F)cc2ccccc21. The van der Waals surface area contributed by atoms with Crippen LogP contribution in [0.2, 0.25) is 0 Å². The number of halogens is 1. The van der Waals surface area contributed by atoms with Crippen molar-refractivity contribution in [2.75, 3.05) is 0 Å². The Balaban J connectivity index is 1.34. The van der Waals surface area contributed by atoms with Crippen LogP contribution in [0.4, 0.5) is 4.39 Å². The summed E-state index contributed by atoms with van der Waals surface area (Å²) >= 11 is 0. The van der Waals surface area contributed by atoms with Crippen LogP contribution in [0.15, 0.2) is 60.7 Å². The maximum absolute atomic E-state index is 14.9. The molecule has 1 aliphatic rings. The van der Waals surface area contributed by atoms with Crippen molar-refractivity contribution in [2.45, 2.75) is 71.6 Å². The van der Waals surface area contributed by atoms with Crippen molar-refractivity contribution in [3.63, 3.8) is 0 Å². The number of para-hydroxylation sites is 1. The molecule has 0 spiro atoms. The molecule has 1 fully saturated rings. The lowest BCUT2D eigenvalue weighted by Crippen LogP contribution is -2.21. The Bertz CT molecular complexity index is 1270. The molecule has 0 radical (unpaired) electrons. The van der Waals surface area contributed by atoms with Gasteiger partial charge in [-0.25, -0.2) is 4.39 Å². The van der Waals surface area contributed by atoms with Crippen LogP contribution in [0.1, 0.15) is 77.2 Å². The molecule has 4 rings (SSSR count). The molecule has 0 aliphatic heterocycles. The van der Waals surface area contributed by atoms with Gasteiger partial charge < -0.3 is 4.57 Å². The summed E-state index contributed by atoms with van der Waals surface area (Å²) in [5, 5.41) is 1.10. The summed E-state index contributed by atoms with van der Waals surface area (Å²) in [5.74, 6) is 0.600. The van der Waals surface area contributed by atoms with E-state index in [-0.39, 0.29) is 28.7 Å². The highest BCUT2D eigenvalue weighted by Crippen LogP contribution is 2.39. The predicted molar refractivity (Wildman–Crippen MR) is 145 cm³/mol. The zero-order valence-corrected chi connectivity index (χ0v) is 22.0. The monoisotopic (exact) mass is 487 g/mol. The van der Waals surface area contributed by atoms with Crippen LogP contribution in [-0.2, 0) is 16.6 Å². The average Bonchev–Trinajstić information content (AvgIpc) is 3.19. The molecule has 0 atom stereocenters. The van der Waals surface area contributed by atoms with Crippen molar-refractivity contribution in [1.29, 1.82) is 0 Å². The summed E-state index contributed by atoms with van der Waals surface area (Å²) in [6.07, 6.45) is 8.72. The van der Waals surface area contributed by atoms with Crippen LogP contribution in [0.5, 0.6) is 0 Å². The van der Waals surface area contributed by atoms with E-state index in [1.807, 2.05) is 37.4 Å². The summed E-state index contributed by atoms with van der Waals surface area (Å²) in [7, 11) is 1.98. The van der Waals surface area contributed by atoms with E-state index in [4.69, 9.17) is 0 Å². The number of allylic oxidation sites excluding steroid dienone is 2. The van der Waals surface area contributed by atoms with E-state index in [1.165, 1.54) is 0 Å². The number of rotatable bonds is 8. The fourth-order valence-corrected chi connectivity index (χ4v) is 5.36. The van der Waals surface area contributed by atoms with E-state index in [2.05, 4.69) is 43.5 Å². The van der Waals surface area contributed by atoms with Gasteiger partial charge in [-0.3, -0.25) is 9.59 Å². The van der Waals surface area contributed by atoms with Crippen LogP contribution < -0.4 is 0 Å². The number of hydrogen-bond donors (Lipinski definition) is 0. The Morgan fingerprint density at radius 1 is 1.00 bits per heavy atom. The van der Waals surface area contributed by atoms with Crippen molar-refractivity contribution in [3.05, 3.63) is 72.1 Å². The fourth-order valence-electron chi connectivity index (χ4n) is 5.36. The zero-order valence-electron chi connectivity index (χ0n) is 22.0. The summed E-state index contributed by atoms with van der Waals surface area (Å²) in [6, 6.07) is 15.7. The highest BCUT2D eigenvalue weighted by Gasteiger charge is 2.27. The summed E-state index contributed by atoms with van der Waals surface area (Å²) in [5.41, 5.74) is 3.74. The van der Waals surface area contributed by atoms with E-state index in [9.17, 15) is 14.0 Å². The topological polar surface area (TPSA) is 39.1 Å². The standard InChI is InChI=1S/C32H38FNO2/c1-32(2,3)19-18-26(35)9-7-11-31(36)23-14-12-22(13-15-23)24-16-17-28(33)27(20-24)30-21-25-8-5-6-10-29(25)34(30)4/h5-6,8,10,16-23H,7,9,11-15H2,1-4H3/b19-18-. The van der Waals surface area contributed by atoms with E-state index in [0.717, 1.165) is 47.8 Å². The first kappa shape index (κ1) is 26.1. The highest BCUT2D eigenvalue weighted by molar-refractivity contribution is 5.90. The van der Waals surface area contributed by atoms with Gasteiger partial charge in [-0.1, -0.05) is 51.1 Å². The first-order valence-corrected chi connectivity index (χ1v) is 13.2. The number of fused-ring (bicyclic) bond motifs is 1. The smallest absolute Gasteiger partial charge is 0.155 e. The number of benzene rings is 2. The van der Waals surface area contributed by atoms with Crippen LogP contribution in [0.3, 0.4) is 0 Å². The van der Waals surface area contributed by atoms with E-state index >= 15 is 0 Å². The number of carbonyl (C=O) groups excluding carboxylic acids is 2. The summed E-state index contributed by atoms with van der Waals surface area (Å²) < 4.78 is 16.9. The molecule has 190 valence electrons. The second-order valence-corrected chi connectivity index (χ2v) is 11.4. The molecule has 0 bridgehead atoms. The van der Waals surface area contributed by atoms with Gasteiger partial charge in [0.15, 0.2) is 5.78 Å². The molecule has 0 saturated heterocycles. The molecule has 36 heavy (non-hydrogen) atoms. The normalized spacial score (nSPS) is 18.7. The highest BCUT2D eigenvalue weighted by atomic mass is 19.1. The Kier molecular flexibility index (Phi) is 7.92. The van der Waals surface area contributed by atoms with Crippen molar-refractivity contribution in [3.8, 4) is 11.3 Å². The number of Topliss-reactive ketones (excluding diaryl/α,β-unsaturated/α-hetero) is 1. The molecular formula is C32H38FNO2. The van der Waals surface area contributed by atoms with Crippen molar-refractivity contribution in [1.82, 2.24) is 4.57 Å². The van der Waals surface area contributed by atoms with Gasteiger partial charge in [-0.05, 0) is 79.3 Å². The Labute approximate surface area is 214 Å². The van der Waals surface area contributed by atoms with Crippen LogP contribution in [-0.4, -0.2) is 16.1 Å². The summed E-state index contributed by atoms with van der Waals surface area (Å²) in [6.45, 7) is 6.19. The van der Waals surface area contributed by atoms with Gasteiger partial charge >= 0.3 is 0 Å². The van der Waals surface area contributed by atoms with Crippen LogP contribution in [0, 0.1) is 17.2 Å². The van der Waals surface area contributed by atoms with Crippen molar-refractivity contribution < 1.29 is 14.0 Å². The molecule has 1 aromatic heterocycles. The molecule has 0 N–H and O–H groups in total. The minimum Gasteiger partial charge on any atom is -0.344 e. The Morgan fingerprint density at radius 3 is 2.42 bits per heavy atom. The molecule has 2 aromatic carbocycles. The van der Waals surface area contributed by atoms with E-state index in [1.54, 1.807) is 12.1 Å². The predicted octanol–water partition coefficient (Wildman–Crippen LogP) is 8.17. The van der Waals surface area contributed by atoms with Gasteiger partial charge in [-0.15, -0.1) is 0 Å². The lowest BCUT2D eigenvalue weighted by Gasteiger charge is -2.28. The largest absolute Gasteiger partial charge is 0.344 e. The third-order valence-corrected chi connectivity index (χ3v) is 7.49. The van der Waals surface area contributed by atoms with Crippen molar-refractivity contribution >= 4 is 22.5 Å². The zero-order chi connectivity index (χ0) is 25.9. The second kappa shape index (κ2) is 10.9. The fraction of sp³-hybridized carbons (Fsp3) is 0.438. The molecule has 0 amide bonds. The maximum Gasteiger partial charge on any atom is 0.155 e. The number of aromatic nitrogens is 1.